The summed E-state index contributed by atoms with van der Waals surface area (Å²) in [6, 6.07) is 14.0. The summed E-state index contributed by atoms with van der Waals surface area (Å²) >= 11 is 11.2. The molecular formula is C17H16ClF3N2S. The van der Waals surface area contributed by atoms with Crippen molar-refractivity contribution in [3.63, 3.8) is 0 Å². The number of hydrogen-bond donors (Lipinski definition) is 1. The highest BCUT2D eigenvalue weighted by molar-refractivity contribution is 7.80. The second-order valence-corrected chi connectivity index (χ2v) is 6.09. The Balaban J connectivity index is 2.19. The van der Waals surface area contributed by atoms with Crippen LogP contribution in [0.15, 0.2) is 48.5 Å². The van der Waals surface area contributed by atoms with Gasteiger partial charge in [0.05, 0.1) is 0 Å². The van der Waals surface area contributed by atoms with Gasteiger partial charge in [0.15, 0.2) is 5.11 Å². The maximum atomic E-state index is 12.9. The number of hydrogen-bond acceptors (Lipinski definition) is 1. The minimum Gasteiger partial charge on any atom is -0.336 e. The molecule has 0 spiro atoms. The third-order valence-corrected chi connectivity index (χ3v) is 4.15. The van der Waals surface area contributed by atoms with Gasteiger partial charge in [0, 0.05) is 17.3 Å². The number of alkyl halides is 3. The van der Waals surface area contributed by atoms with Crippen molar-refractivity contribution >= 4 is 34.6 Å². The quantitative estimate of drug-likeness (QED) is 0.722. The minimum absolute atomic E-state index is 0.00143. The van der Waals surface area contributed by atoms with E-state index in [1.54, 1.807) is 49.4 Å². The maximum absolute atomic E-state index is 12.9. The molecule has 0 saturated carbocycles. The Hall–Kier alpha value is -1.79. The summed E-state index contributed by atoms with van der Waals surface area (Å²) in [7, 11) is 0. The monoisotopic (exact) mass is 372 g/mol. The van der Waals surface area contributed by atoms with E-state index < -0.39 is 12.7 Å². The topological polar surface area (TPSA) is 15.3 Å². The number of thiocarbonyl (C=S) groups is 1. The molecule has 0 bridgehead atoms. The standard InChI is InChI=1S/C17H16ClF3N2S/c1-12-14(18)8-5-9-15(12)22-16(24)23(11-17(19,20)21)10-13-6-3-2-4-7-13/h2-9H,10-11H2,1H3,(H,22,24). The van der Waals surface area contributed by atoms with Crippen molar-refractivity contribution in [2.24, 2.45) is 0 Å². The molecule has 0 atom stereocenters. The first-order chi connectivity index (χ1) is 11.3. The van der Waals surface area contributed by atoms with Crippen LogP contribution in [0.5, 0.6) is 0 Å². The Morgan fingerprint density at radius 2 is 1.79 bits per heavy atom. The molecule has 2 rings (SSSR count). The first kappa shape index (κ1) is 18.5. The normalized spacial score (nSPS) is 11.2. The van der Waals surface area contributed by atoms with Crippen molar-refractivity contribution in [3.8, 4) is 0 Å². The van der Waals surface area contributed by atoms with Crippen molar-refractivity contribution in [3.05, 3.63) is 64.7 Å². The highest BCUT2D eigenvalue weighted by atomic mass is 35.5. The van der Waals surface area contributed by atoms with Gasteiger partial charge in [0.2, 0.25) is 0 Å². The fraction of sp³-hybridized carbons (Fsp3) is 0.235. The minimum atomic E-state index is -4.36. The summed E-state index contributed by atoms with van der Waals surface area (Å²) < 4.78 is 38.7. The van der Waals surface area contributed by atoms with Crippen LogP contribution in [0.1, 0.15) is 11.1 Å². The molecule has 2 nitrogen and oxygen atoms in total. The van der Waals surface area contributed by atoms with E-state index in [4.69, 9.17) is 23.8 Å². The zero-order chi connectivity index (χ0) is 17.7. The van der Waals surface area contributed by atoms with Gasteiger partial charge in [-0.2, -0.15) is 13.2 Å². The van der Waals surface area contributed by atoms with E-state index in [1.165, 1.54) is 0 Å². The lowest BCUT2D eigenvalue weighted by molar-refractivity contribution is -0.138. The lowest BCUT2D eigenvalue weighted by atomic mass is 10.2. The zero-order valence-corrected chi connectivity index (χ0v) is 14.5. The molecule has 24 heavy (non-hydrogen) atoms. The predicted molar refractivity (Wildman–Crippen MR) is 95.3 cm³/mol. The van der Waals surface area contributed by atoms with Crippen LogP contribution in [0.4, 0.5) is 18.9 Å². The number of rotatable bonds is 4. The molecule has 0 aliphatic heterocycles. The molecule has 0 radical (unpaired) electrons. The summed E-state index contributed by atoms with van der Waals surface area (Å²) in [6.45, 7) is 0.706. The highest BCUT2D eigenvalue weighted by Gasteiger charge is 2.32. The van der Waals surface area contributed by atoms with Gasteiger partial charge in [-0.15, -0.1) is 0 Å². The number of halogens is 4. The SMILES string of the molecule is Cc1c(Cl)cccc1NC(=S)N(Cc1ccccc1)CC(F)(F)F. The summed E-state index contributed by atoms with van der Waals surface area (Å²) in [5.74, 6) is 0. The van der Waals surface area contributed by atoms with Gasteiger partial charge >= 0.3 is 6.18 Å². The zero-order valence-electron chi connectivity index (χ0n) is 12.9. The molecule has 1 N–H and O–H groups in total. The second-order valence-electron chi connectivity index (χ2n) is 5.30. The van der Waals surface area contributed by atoms with Gasteiger partial charge in [0.25, 0.3) is 0 Å². The third kappa shape index (κ3) is 5.39. The van der Waals surface area contributed by atoms with Crippen LogP contribution in [-0.2, 0) is 6.54 Å². The van der Waals surface area contributed by atoms with Gasteiger partial charge < -0.3 is 10.2 Å². The molecule has 0 heterocycles. The largest absolute Gasteiger partial charge is 0.406 e. The summed E-state index contributed by atoms with van der Waals surface area (Å²) in [6.07, 6.45) is -4.36. The van der Waals surface area contributed by atoms with E-state index in [0.29, 0.717) is 10.7 Å². The van der Waals surface area contributed by atoms with Crippen LogP contribution >= 0.6 is 23.8 Å². The van der Waals surface area contributed by atoms with Gasteiger partial charge in [-0.25, -0.2) is 0 Å². The van der Waals surface area contributed by atoms with E-state index >= 15 is 0 Å². The van der Waals surface area contributed by atoms with E-state index in [2.05, 4.69) is 5.32 Å². The van der Waals surface area contributed by atoms with Crippen LogP contribution < -0.4 is 5.32 Å². The molecule has 128 valence electrons. The van der Waals surface area contributed by atoms with Gasteiger partial charge in [-0.05, 0) is 42.4 Å². The molecule has 0 unspecified atom stereocenters. The molecule has 0 aromatic heterocycles. The lowest BCUT2D eigenvalue weighted by Gasteiger charge is -2.27. The van der Waals surface area contributed by atoms with E-state index in [0.717, 1.165) is 16.0 Å². The van der Waals surface area contributed by atoms with Crippen molar-refractivity contribution < 1.29 is 13.2 Å². The Kier molecular flexibility index (Phi) is 6.07. The van der Waals surface area contributed by atoms with Gasteiger partial charge in [0.1, 0.15) is 6.54 Å². The predicted octanol–water partition coefficient (Wildman–Crippen LogP) is 5.41. The van der Waals surface area contributed by atoms with E-state index in [1.807, 2.05) is 6.07 Å². The van der Waals surface area contributed by atoms with E-state index in [9.17, 15) is 13.2 Å². The van der Waals surface area contributed by atoms with Crippen molar-refractivity contribution in [1.82, 2.24) is 4.90 Å². The first-order valence-corrected chi connectivity index (χ1v) is 7.96. The fourth-order valence-electron chi connectivity index (χ4n) is 2.16. The summed E-state index contributed by atoms with van der Waals surface area (Å²) in [4.78, 5) is 1.09. The van der Waals surface area contributed by atoms with Crippen LogP contribution in [-0.4, -0.2) is 22.7 Å². The average molecular weight is 373 g/mol. The summed E-state index contributed by atoms with van der Waals surface area (Å²) in [5.41, 5.74) is 2.06. The van der Waals surface area contributed by atoms with Crippen molar-refractivity contribution in [1.29, 1.82) is 0 Å². The Morgan fingerprint density at radius 3 is 2.42 bits per heavy atom. The maximum Gasteiger partial charge on any atom is 0.406 e. The second kappa shape index (κ2) is 7.85. The molecule has 2 aromatic rings. The fourth-order valence-corrected chi connectivity index (χ4v) is 2.57. The molecule has 2 aromatic carbocycles. The molecule has 7 heteroatoms. The number of benzene rings is 2. The average Bonchev–Trinajstić information content (AvgIpc) is 2.51. The number of nitrogens with zero attached hydrogens (tertiary/aromatic N) is 1. The van der Waals surface area contributed by atoms with Crippen molar-refractivity contribution in [2.45, 2.75) is 19.6 Å². The molecule has 0 fully saturated rings. The van der Waals surface area contributed by atoms with Crippen LogP contribution in [0.25, 0.3) is 0 Å². The number of anilines is 1. The molecule has 0 aliphatic rings. The molecule has 0 aliphatic carbocycles. The summed E-state index contributed by atoms with van der Waals surface area (Å²) in [5, 5.41) is 3.39. The van der Waals surface area contributed by atoms with Crippen LogP contribution in [0.3, 0.4) is 0 Å². The highest BCUT2D eigenvalue weighted by Crippen LogP contribution is 2.24. The first-order valence-electron chi connectivity index (χ1n) is 7.18. The van der Waals surface area contributed by atoms with Crippen LogP contribution in [0, 0.1) is 6.92 Å². The van der Waals surface area contributed by atoms with Gasteiger partial charge in [-0.3, -0.25) is 0 Å². The lowest BCUT2D eigenvalue weighted by Crippen LogP contribution is -2.41. The Bertz CT molecular complexity index is 705. The molecule has 0 amide bonds. The van der Waals surface area contributed by atoms with Crippen molar-refractivity contribution in [2.75, 3.05) is 11.9 Å². The van der Waals surface area contributed by atoms with Crippen LogP contribution in [0.2, 0.25) is 5.02 Å². The smallest absolute Gasteiger partial charge is 0.336 e. The number of nitrogens with one attached hydrogen (secondary N) is 1. The van der Waals surface area contributed by atoms with Gasteiger partial charge in [-0.1, -0.05) is 48.0 Å². The molecule has 0 saturated heterocycles. The third-order valence-electron chi connectivity index (χ3n) is 3.38. The Labute approximate surface area is 149 Å². The Morgan fingerprint density at radius 1 is 1.12 bits per heavy atom. The van der Waals surface area contributed by atoms with E-state index in [-0.39, 0.29) is 11.7 Å². The molecular weight excluding hydrogens is 357 g/mol.